The Kier molecular flexibility index (Phi) is 5.57. The lowest BCUT2D eigenvalue weighted by Gasteiger charge is -2.12. The van der Waals surface area contributed by atoms with Gasteiger partial charge in [0.25, 0.3) is 0 Å². The van der Waals surface area contributed by atoms with Gasteiger partial charge >= 0.3 is 0 Å². The molecule has 1 aromatic carbocycles. The number of carbonyl (C=O) groups excluding carboxylic acids is 1. The molecule has 2 unspecified atom stereocenters. The summed E-state index contributed by atoms with van der Waals surface area (Å²) in [5, 5.41) is 3.32. The SMILES string of the molecule is COCCOc1ccc(-n2cnc3cnc(NC4CCC(C(N)=O)C4)nc32)cc1. The molecule has 0 aliphatic heterocycles. The van der Waals surface area contributed by atoms with E-state index >= 15 is 0 Å². The van der Waals surface area contributed by atoms with E-state index in [1.807, 2.05) is 28.8 Å². The molecule has 2 atom stereocenters. The van der Waals surface area contributed by atoms with Crippen LogP contribution in [0.3, 0.4) is 0 Å². The Hall–Kier alpha value is -3.20. The lowest BCUT2D eigenvalue weighted by atomic mass is 10.1. The van der Waals surface area contributed by atoms with Crippen LogP contribution in [-0.2, 0) is 9.53 Å². The summed E-state index contributed by atoms with van der Waals surface area (Å²) in [7, 11) is 1.64. The zero-order valence-electron chi connectivity index (χ0n) is 16.2. The van der Waals surface area contributed by atoms with Crippen molar-refractivity contribution in [3.63, 3.8) is 0 Å². The van der Waals surface area contributed by atoms with Gasteiger partial charge < -0.3 is 20.5 Å². The van der Waals surface area contributed by atoms with Crippen LogP contribution >= 0.6 is 0 Å². The predicted octanol–water partition coefficient (Wildman–Crippen LogP) is 1.91. The first-order valence-electron chi connectivity index (χ1n) is 9.62. The topological polar surface area (TPSA) is 117 Å². The van der Waals surface area contributed by atoms with Gasteiger partial charge in [-0.2, -0.15) is 4.98 Å². The summed E-state index contributed by atoms with van der Waals surface area (Å²) in [6, 6.07) is 7.85. The molecule has 1 fully saturated rings. The number of imidazole rings is 1. The first-order chi connectivity index (χ1) is 14.1. The fraction of sp³-hybridized carbons (Fsp3) is 0.400. The number of nitrogens with two attached hydrogens (primary N) is 1. The number of hydrogen-bond acceptors (Lipinski definition) is 7. The van der Waals surface area contributed by atoms with Crippen LogP contribution in [0.1, 0.15) is 19.3 Å². The molecule has 0 spiro atoms. The van der Waals surface area contributed by atoms with Gasteiger partial charge in [0.05, 0.1) is 12.8 Å². The summed E-state index contributed by atoms with van der Waals surface area (Å²) in [6.07, 6.45) is 5.80. The lowest BCUT2D eigenvalue weighted by Crippen LogP contribution is -2.23. The first kappa shape index (κ1) is 19.1. The number of nitrogens with one attached hydrogen (secondary N) is 1. The number of nitrogens with zero attached hydrogens (tertiary/aromatic N) is 4. The van der Waals surface area contributed by atoms with Crippen molar-refractivity contribution < 1.29 is 14.3 Å². The van der Waals surface area contributed by atoms with Crippen LogP contribution in [-0.4, -0.2) is 51.8 Å². The fourth-order valence-corrected chi connectivity index (χ4v) is 3.57. The molecule has 0 bridgehead atoms. The number of methoxy groups -OCH3 is 1. The van der Waals surface area contributed by atoms with Crippen molar-refractivity contribution in [1.82, 2.24) is 19.5 Å². The number of rotatable bonds is 8. The molecule has 4 rings (SSSR count). The summed E-state index contributed by atoms with van der Waals surface area (Å²) < 4.78 is 12.5. The molecule has 9 heteroatoms. The highest BCUT2D eigenvalue weighted by atomic mass is 16.5. The highest BCUT2D eigenvalue weighted by Crippen LogP contribution is 2.27. The second-order valence-electron chi connectivity index (χ2n) is 7.11. The quantitative estimate of drug-likeness (QED) is 0.559. The van der Waals surface area contributed by atoms with Gasteiger partial charge in [0, 0.05) is 24.8 Å². The Balaban J connectivity index is 1.51. The zero-order chi connectivity index (χ0) is 20.2. The third kappa shape index (κ3) is 4.29. The summed E-state index contributed by atoms with van der Waals surface area (Å²) in [6.45, 7) is 1.05. The summed E-state index contributed by atoms with van der Waals surface area (Å²) in [5.74, 6) is 0.983. The van der Waals surface area contributed by atoms with Gasteiger partial charge in [0.15, 0.2) is 5.65 Å². The van der Waals surface area contributed by atoms with Crippen molar-refractivity contribution in [3.05, 3.63) is 36.8 Å². The van der Waals surface area contributed by atoms with Gasteiger partial charge in [-0.15, -0.1) is 0 Å². The maximum absolute atomic E-state index is 11.4. The number of carbonyl (C=O) groups is 1. The fourth-order valence-electron chi connectivity index (χ4n) is 3.57. The van der Waals surface area contributed by atoms with Crippen molar-refractivity contribution in [2.75, 3.05) is 25.6 Å². The Morgan fingerprint density at radius 1 is 1.24 bits per heavy atom. The van der Waals surface area contributed by atoms with E-state index in [1.165, 1.54) is 0 Å². The van der Waals surface area contributed by atoms with Crippen molar-refractivity contribution in [3.8, 4) is 11.4 Å². The summed E-state index contributed by atoms with van der Waals surface area (Å²) in [5.41, 5.74) is 7.75. The number of benzene rings is 1. The average Bonchev–Trinajstić information content (AvgIpc) is 3.36. The van der Waals surface area contributed by atoms with Crippen LogP contribution in [0.15, 0.2) is 36.8 Å². The standard InChI is InChI=1S/C20H24N6O3/c1-28-8-9-29-16-6-4-15(5-7-16)26-12-23-17-11-22-20(25-19(17)26)24-14-3-2-13(10-14)18(21)27/h4-7,11-14H,2-3,8-10H2,1H3,(H2,21,27)(H,22,24,25). The molecule has 3 N–H and O–H groups in total. The number of aromatic nitrogens is 4. The monoisotopic (exact) mass is 396 g/mol. The Morgan fingerprint density at radius 2 is 2.07 bits per heavy atom. The minimum Gasteiger partial charge on any atom is -0.491 e. The van der Waals surface area contributed by atoms with Crippen LogP contribution in [0.5, 0.6) is 5.75 Å². The largest absolute Gasteiger partial charge is 0.491 e. The van der Waals surface area contributed by atoms with Crippen LogP contribution in [0.4, 0.5) is 5.95 Å². The van der Waals surface area contributed by atoms with E-state index < -0.39 is 0 Å². The number of ether oxygens (including phenoxy) is 2. The molecule has 1 aliphatic rings. The number of primary amides is 1. The minimum atomic E-state index is -0.238. The van der Waals surface area contributed by atoms with Crippen LogP contribution in [0.25, 0.3) is 16.9 Å². The summed E-state index contributed by atoms with van der Waals surface area (Å²) >= 11 is 0. The maximum Gasteiger partial charge on any atom is 0.224 e. The van der Waals surface area contributed by atoms with E-state index in [4.69, 9.17) is 15.2 Å². The second kappa shape index (κ2) is 8.44. The van der Waals surface area contributed by atoms with Crippen molar-refractivity contribution in [1.29, 1.82) is 0 Å². The third-order valence-electron chi connectivity index (χ3n) is 5.13. The number of hydrogen-bond donors (Lipinski definition) is 2. The Labute approximate surface area is 168 Å². The van der Waals surface area contributed by atoms with Gasteiger partial charge in [0.2, 0.25) is 11.9 Å². The molecule has 152 valence electrons. The maximum atomic E-state index is 11.4. The smallest absolute Gasteiger partial charge is 0.224 e. The van der Waals surface area contributed by atoms with Crippen molar-refractivity contribution >= 4 is 23.0 Å². The molecule has 3 aromatic rings. The van der Waals surface area contributed by atoms with Gasteiger partial charge in [-0.05, 0) is 43.5 Å². The molecule has 1 saturated carbocycles. The molecule has 1 aliphatic carbocycles. The van der Waals surface area contributed by atoms with Gasteiger partial charge in [-0.25, -0.2) is 9.97 Å². The van der Waals surface area contributed by atoms with Crippen molar-refractivity contribution in [2.24, 2.45) is 11.7 Å². The van der Waals surface area contributed by atoms with Crippen LogP contribution < -0.4 is 15.8 Å². The van der Waals surface area contributed by atoms with Gasteiger partial charge in [-0.1, -0.05) is 0 Å². The molecule has 0 saturated heterocycles. The molecular weight excluding hydrogens is 372 g/mol. The predicted molar refractivity (Wildman–Crippen MR) is 108 cm³/mol. The zero-order valence-corrected chi connectivity index (χ0v) is 16.2. The molecule has 2 heterocycles. The third-order valence-corrected chi connectivity index (χ3v) is 5.13. The van der Waals surface area contributed by atoms with Crippen molar-refractivity contribution in [2.45, 2.75) is 25.3 Å². The van der Waals surface area contributed by atoms with Crippen LogP contribution in [0, 0.1) is 5.92 Å². The first-order valence-corrected chi connectivity index (χ1v) is 9.62. The lowest BCUT2D eigenvalue weighted by molar-refractivity contribution is -0.121. The van der Waals surface area contributed by atoms with E-state index in [2.05, 4.69) is 20.3 Å². The molecule has 0 radical (unpaired) electrons. The van der Waals surface area contributed by atoms with E-state index in [0.29, 0.717) is 36.7 Å². The second-order valence-corrected chi connectivity index (χ2v) is 7.11. The molecule has 2 aromatic heterocycles. The van der Waals surface area contributed by atoms with Crippen LogP contribution in [0.2, 0.25) is 0 Å². The van der Waals surface area contributed by atoms with E-state index in [9.17, 15) is 4.79 Å². The minimum absolute atomic E-state index is 0.0774. The number of amides is 1. The summed E-state index contributed by atoms with van der Waals surface area (Å²) in [4.78, 5) is 24.8. The Bertz CT molecular complexity index is 988. The van der Waals surface area contributed by atoms with E-state index in [0.717, 1.165) is 24.3 Å². The molecule has 29 heavy (non-hydrogen) atoms. The Morgan fingerprint density at radius 3 is 2.79 bits per heavy atom. The van der Waals surface area contributed by atoms with E-state index in [-0.39, 0.29) is 17.9 Å². The number of fused-ring (bicyclic) bond motifs is 1. The van der Waals surface area contributed by atoms with Gasteiger partial charge in [0.1, 0.15) is 24.2 Å². The van der Waals surface area contributed by atoms with Gasteiger partial charge in [-0.3, -0.25) is 9.36 Å². The normalized spacial score (nSPS) is 18.8. The van der Waals surface area contributed by atoms with E-state index in [1.54, 1.807) is 19.6 Å². The number of anilines is 1. The molecule has 1 amide bonds. The highest BCUT2D eigenvalue weighted by Gasteiger charge is 2.28. The average molecular weight is 396 g/mol. The molecular formula is C20H24N6O3. The molecule has 9 nitrogen and oxygen atoms in total. The highest BCUT2D eigenvalue weighted by molar-refractivity contribution is 5.77.